The average Bonchev–Trinajstić information content (AvgIpc) is 2.55. The first-order chi connectivity index (χ1) is 11.3. The molecular weight excluding hydrogens is 302 g/mol. The maximum absolute atomic E-state index is 12.8. The third kappa shape index (κ3) is 3.89. The minimum atomic E-state index is -0.314. The molecule has 0 bridgehead atoms. The zero-order valence-electron chi connectivity index (χ0n) is 15.2. The van der Waals surface area contributed by atoms with Crippen LogP contribution >= 0.6 is 0 Å². The topological polar surface area (TPSA) is 66.6 Å². The van der Waals surface area contributed by atoms with Gasteiger partial charge >= 0.3 is 0 Å². The number of nitrogens with zero attached hydrogens (tertiary/aromatic N) is 2. The van der Waals surface area contributed by atoms with Gasteiger partial charge in [-0.2, -0.15) is 0 Å². The van der Waals surface area contributed by atoms with Crippen molar-refractivity contribution in [2.24, 2.45) is 11.7 Å². The number of likely N-dealkylation sites (tertiary alicyclic amines) is 1. The number of carbonyl (C=O) groups is 2. The van der Waals surface area contributed by atoms with Crippen molar-refractivity contribution in [2.45, 2.75) is 52.6 Å². The van der Waals surface area contributed by atoms with Crippen molar-refractivity contribution < 1.29 is 9.59 Å². The highest BCUT2D eigenvalue weighted by molar-refractivity contribution is 5.95. The van der Waals surface area contributed by atoms with E-state index in [1.165, 1.54) is 0 Å². The second kappa shape index (κ2) is 7.69. The molecule has 5 nitrogen and oxygen atoms in total. The molecule has 2 N–H and O–H groups in total. The minimum Gasteiger partial charge on any atom is -0.369 e. The molecule has 0 radical (unpaired) electrons. The fraction of sp³-hybridized carbons (Fsp3) is 0.579. The number of piperidine rings is 1. The molecule has 5 heteroatoms. The number of rotatable bonds is 5. The summed E-state index contributed by atoms with van der Waals surface area (Å²) in [6.07, 6.45) is 1.58. The Labute approximate surface area is 144 Å². The molecule has 2 atom stereocenters. The summed E-state index contributed by atoms with van der Waals surface area (Å²) in [7, 11) is 0. The van der Waals surface area contributed by atoms with Gasteiger partial charge in [0.1, 0.15) is 0 Å². The zero-order chi connectivity index (χ0) is 17.9. The summed E-state index contributed by atoms with van der Waals surface area (Å²) in [4.78, 5) is 28.3. The lowest BCUT2D eigenvalue weighted by Crippen LogP contribution is -2.48. The minimum absolute atomic E-state index is 0.0207. The Hall–Kier alpha value is -2.04. The van der Waals surface area contributed by atoms with Crippen LogP contribution in [-0.2, 0) is 4.79 Å². The summed E-state index contributed by atoms with van der Waals surface area (Å²) < 4.78 is 0. The van der Waals surface area contributed by atoms with Gasteiger partial charge in [-0.05, 0) is 64.8 Å². The lowest BCUT2D eigenvalue weighted by Gasteiger charge is -2.37. The van der Waals surface area contributed by atoms with Gasteiger partial charge in [0.15, 0.2) is 0 Å². The third-order valence-corrected chi connectivity index (χ3v) is 4.96. The van der Waals surface area contributed by atoms with Crippen LogP contribution in [0.1, 0.15) is 50.9 Å². The SMILES string of the molecule is CCN(c1ccc(C(=O)N2C[C@@H](C(N)=O)CC[C@@H]2C)cc1)C(C)C. The molecule has 1 aromatic carbocycles. The molecule has 2 amide bonds. The normalized spacial score (nSPS) is 21.0. The number of carbonyl (C=O) groups excluding carboxylic acids is 2. The molecule has 1 fully saturated rings. The maximum atomic E-state index is 12.8. The van der Waals surface area contributed by atoms with Gasteiger partial charge < -0.3 is 15.5 Å². The van der Waals surface area contributed by atoms with Crippen LogP contribution in [0.4, 0.5) is 5.69 Å². The van der Waals surface area contributed by atoms with Gasteiger partial charge in [0, 0.05) is 36.4 Å². The van der Waals surface area contributed by atoms with Crippen LogP contribution in [0, 0.1) is 5.92 Å². The fourth-order valence-corrected chi connectivity index (χ4v) is 3.43. The van der Waals surface area contributed by atoms with Crippen LogP contribution in [0.5, 0.6) is 0 Å². The molecule has 0 saturated carbocycles. The molecule has 1 aliphatic heterocycles. The predicted molar refractivity (Wildman–Crippen MR) is 97.0 cm³/mol. The Morgan fingerprint density at radius 2 is 1.88 bits per heavy atom. The smallest absolute Gasteiger partial charge is 0.254 e. The van der Waals surface area contributed by atoms with Crippen LogP contribution in [0.15, 0.2) is 24.3 Å². The zero-order valence-corrected chi connectivity index (χ0v) is 15.2. The molecule has 132 valence electrons. The van der Waals surface area contributed by atoms with E-state index >= 15 is 0 Å². The van der Waals surface area contributed by atoms with Gasteiger partial charge in [0.25, 0.3) is 5.91 Å². The molecule has 2 rings (SSSR count). The first-order valence-corrected chi connectivity index (χ1v) is 8.82. The Balaban J connectivity index is 2.15. The number of primary amides is 1. The molecule has 24 heavy (non-hydrogen) atoms. The van der Waals surface area contributed by atoms with Gasteiger partial charge in [0.05, 0.1) is 5.92 Å². The molecular formula is C19H29N3O2. The van der Waals surface area contributed by atoms with E-state index in [4.69, 9.17) is 5.73 Å². The largest absolute Gasteiger partial charge is 0.369 e. The van der Waals surface area contributed by atoms with Gasteiger partial charge in [-0.1, -0.05) is 0 Å². The summed E-state index contributed by atoms with van der Waals surface area (Å²) in [5.41, 5.74) is 7.21. The summed E-state index contributed by atoms with van der Waals surface area (Å²) in [6, 6.07) is 8.30. The van der Waals surface area contributed by atoms with Crippen LogP contribution in [0.3, 0.4) is 0 Å². The third-order valence-electron chi connectivity index (χ3n) is 4.96. The highest BCUT2D eigenvalue weighted by Crippen LogP contribution is 2.25. The highest BCUT2D eigenvalue weighted by atomic mass is 16.2. The first-order valence-electron chi connectivity index (χ1n) is 8.82. The lowest BCUT2D eigenvalue weighted by molar-refractivity contribution is -0.123. The van der Waals surface area contributed by atoms with Crippen LogP contribution in [-0.4, -0.2) is 41.9 Å². The number of anilines is 1. The second-order valence-corrected chi connectivity index (χ2v) is 6.91. The van der Waals surface area contributed by atoms with Gasteiger partial charge in [0.2, 0.25) is 5.91 Å². The Morgan fingerprint density at radius 3 is 2.38 bits per heavy atom. The summed E-state index contributed by atoms with van der Waals surface area (Å²) in [5.74, 6) is -0.570. The van der Waals surface area contributed by atoms with Crippen molar-refractivity contribution in [3.63, 3.8) is 0 Å². The standard InChI is InChI=1S/C19H29N3O2/c1-5-21(13(2)3)17-10-8-15(9-11-17)19(24)22-12-16(18(20)23)7-6-14(22)4/h8-11,13-14,16H,5-7,12H2,1-4H3,(H2,20,23)/t14-,16-/m0/s1. The quantitative estimate of drug-likeness (QED) is 0.902. The average molecular weight is 331 g/mol. The van der Waals surface area contributed by atoms with Gasteiger partial charge in [-0.25, -0.2) is 0 Å². The van der Waals surface area contributed by atoms with Crippen LogP contribution < -0.4 is 10.6 Å². The number of amides is 2. The second-order valence-electron chi connectivity index (χ2n) is 6.91. The van der Waals surface area contributed by atoms with Crippen molar-refractivity contribution in [3.05, 3.63) is 29.8 Å². The molecule has 0 spiro atoms. The van der Waals surface area contributed by atoms with E-state index in [9.17, 15) is 9.59 Å². The molecule has 0 aliphatic carbocycles. The number of hydrogen-bond donors (Lipinski definition) is 1. The summed E-state index contributed by atoms with van der Waals surface area (Å²) in [6.45, 7) is 9.81. The van der Waals surface area contributed by atoms with Crippen molar-refractivity contribution in [1.82, 2.24) is 4.90 Å². The molecule has 1 aromatic rings. The van der Waals surface area contributed by atoms with E-state index in [-0.39, 0.29) is 23.8 Å². The van der Waals surface area contributed by atoms with E-state index in [1.54, 1.807) is 4.90 Å². The highest BCUT2D eigenvalue weighted by Gasteiger charge is 2.32. The maximum Gasteiger partial charge on any atom is 0.254 e. The number of hydrogen-bond acceptors (Lipinski definition) is 3. The Morgan fingerprint density at radius 1 is 1.25 bits per heavy atom. The lowest BCUT2D eigenvalue weighted by atomic mass is 9.92. The van der Waals surface area contributed by atoms with Gasteiger partial charge in [-0.3, -0.25) is 9.59 Å². The first kappa shape index (κ1) is 18.3. The predicted octanol–water partition coefficient (Wildman–Crippen LogP) is 2.65. The van der Waals surface area contributed by atoms with E-state index in [0.29, 0.717) is 18.2 Å². The van der Waals surface area contributed by atoms with E-state index in [1.807, 2.05) is 31.2 Å². The van der Waals surface area contributed by atoms with Crippen LogP contribution in [0.25, 0.3) is 0 Å². The molecule has 1 aliphatic rings. The van der Waals surface area contributed by atoms with E-state index in [2.05, 4.69) is 25.7 Å². The molecule has 0 aromatic heterocycles. The van der Waals surface area contributed by atoms with E-state index < -0.39 is 0 Å². The number of benzene rings is 1. The summed E-state index contributed by atoms with van der Waals surface area (Å²) in [5, 5.41) is 0. The number of nitrogens with two attached hydrogens (primary N) is 1. The Kier molecular flexibility index (Phi) is 5.86. The fourth-order valence-electron chi connectivity index (χ4n) is 3.43. The van der Waals surface area contributed by atoms with E-state index in [0.717, 1.165) is 25.1 Å². The summed E-state index contributed by atoms with van der Waals surface area (Å²) >= 11 is 0. The van der Waals surface area contributed by atoms with Crippen molar-refractivity contribution >= 4 is 17.5 Å². The molecule has 1 saturated heterocycles. The monoisotopic (exact) mass is 331 g/mol. The Bertz CT molecular complexity index is 583. The van der Waals surface area contributed by atoms with Gasteiger partial charge in [-0.15, -0.1) is 0 Å². The van der Waals surface area contributed by atoms with Crippen LogP contribution in [0.2, 0.25) is 0 Å². The molecule has 1 heterocycles. The van der Waals surface area contributed by atoms with Crippen molar-refractivity contribution in [3.8, 4) is 0 Å². The van der Waals surface area contributed by atoms with Crippen molar-refractivity contribution in [1.29, 1.82) is 0 Å². The molecule has 0 unspecified atom stereocenters. The van der Waals surface area contributed by atoms with Crippen molar-refractivity contribution in [2.75, 3.05) is 18.0 Å².